The molecule has 1 amide bonds. The second-order valence-corrected chi connectivity index (χ2v) is 6.49. The van der Waals surface area contributed by atoms with Gasteiger partial charge in [-0.2, -0.15) is 0 Å². The van der Waals surface area contributed by atoms with Gasteiger partial charge in [0.25, 0.3) is 5.91 Å². The van der Waals surface area contributed by atoms with E-state index in [-0.39, 0.29) is 16.3 Å². The van der Waals surface area contributed by atoms with Crippen LogP contribution in [0, 0.1) is 0 Å². The monoisotopic (exact) mass is 405 g/mol. The zero-order valence-electron chi connectivity index (χ0n) is 14.0. The van der Waals surface area contributed by atoms with Crippen LogP contribution in [0.25, 0.3) is 11.0 Å². The van der Waals surface area contributed by atoms with Crippen LogP contribution in [0.3, 0.4) is 0 Å². The zero-order valence-corrected chi connectivity index (χ0v) is 15.5. The third kappa shape index (κ3) is 4.30. The Morgan fingerprint density at radius 2 is 1.85 bits per heavy atom. The zero-order chi connectivity index (χ0) is 19.6. The van der Waals surface area contributed by atoms with Crippen molar-refractivity contribution >= 4 is 51.7 Å². The van der Waals surface area contributed by atoms with Crippen LogP contribution < -0.4 is 10.9 Å². The van der Waals surface area contributed by atoms with Crippen LogP contribution in [0.1, 0.15) is 17.3 Å². The highest BCUT2D eigenvalue weighted by Crippen LogP contribution is 2.25. The number of benzene rings is 2. The summed E-state index contributed by atoms with van der Waals surface area (Å²) < 4.78 is 10.2. The Balaban J connectivity index is 1.75. The van der Waals surface area contributed by atoms with Crippen molar-refractivity contribution in [3.05, 3.63) is 74.6 Å². The number of nitrogens with one attached hydrogen (secondary N) is 1. The summed E-state index contributed by atoms with van der Waals surface area (Å²) in [6, 6.07) is 12.7. The van der Waals surface area contributed by atoms with E-state index in [9.17, 15) is 14.4 Å². The van der Waals surface area contributed by atoms with Gasteiger partial charge in [-0.25, -0.2) is 9.59 Å². The summed E-state index contributed by atoms with van der Waals surface area (Å²) in [5.74, 6) is -1.59. The fourth-order valence-electron chi connectivity index (χ4n) is 2.31. The van der Waals surface area contributed by atoms with E-state index in [1.54, 1.807) is 30.3 Å². The van der Waals surface area contributed by atoms with E-state index in [1.165, 1.54) is 25.1 Å². The van der Waals surface area contributed by atoms with Crippen LogP contribution in [-0.4, -0.2) is 18.0 Å². The van der Waals surface area contributed by atoms with Crippen molar-refractivity contribution < 1.29 is 18.7 Å². The number of fused-ring (bicyclic) bond motifs is 1. The lowest BCUT2D eigenvalue weighted by atomic mass is 10.2. The van der Waals surface area contributed by atoms with Crippen molar-refractivity contribution in [1.29, 1.82) is 0 Å². The van der Waals surface area contributed by atoms with Crippen LogP contribution in [0.15, 0.2) is 57.7 Å². The molecular weight excluding hydrogens is 393 g/mol. The highest BCUT2D eigenvalue weighted by atomic mass is 35.5. The minimum absolute atomic E-state index is 0.279. The summed E-state index contributed by atoms with van der Waals surface area (Å²) in [4.78, 5) is 36.5. The molecule has 2 aromatic carbocycles. The van der Waals surface area contributed by atoms with Gasteiger partial charge in [0.2, 0.25) is 0 Å². The van der Waals surface area contributed by atoms with Crippen LogP contribution in [0.5, 0.6) is 0 Å². The first-order valence-electron chi connectivity index (χ1n) is 7.85. The van der Waals surface area contributed by atoms with E-state index >= 15 is 0 Å². The quantitative estimate of drug-likeness (QED) is 0.516. The third-order valence-corrected chi connectivity index (χ3v) is 4.27. The summed E-state index contributed by atoms with van der Waals surface area (Å²) >= 11 is 11.9. The summed E-state index contributed by atoms with van der Waals surface area (Å²) in [6.45, 7) is 1.37. The molecule has 0 aliphatic heterocycles. The van der Waals surface area contributed by atoms with Gasteiger partial charge in [-0.1, -0.05) is 41.4 Å². The van der Waals surface area contributed by atoms with Crippen molar-refractivity contribution in [3.8, 4) is 0 Å². The van der Waals surface area contributed by atoms with Crippen LogP contribution in [0.4, 0.5) is 5.69 Å². The maximum absolute atomic E-state index is 12.3. The van der Waals surface area contributed by atoms with Gasteiger partial charge < -0.3 is 14.5 Å². The first-order chi connectivity index (χ1) is 12.8. The number of hydrogen-bond donors (Lipinski definition) is 1. The molecule has 0 aliphatic rings. The Morgan fingerprint density at radius 1 is 1.11 bits per heavy atom. The SMILES string of the molecule is C[C@H](OC(=O)c1cc2ccccc2oc1=O)C(=O)Nc1cc(Cl)ccc1Cl. The van der Waals surface area contributed by atoms with Gasteiger partial charge in [0.05, 0.1) is 10.7 Å². The summed E-state index contributed by atoms with van der Waals surface area (Å²) in [6.07, 6.45) is -1.18. The molecule has 27 heavy (non-hydrogen) atoms. The normalized spacial score (nSPS) is 11.8. The fourth-order valence-corrected chi connectivity index (χ4v) is 2.65. The molecule has 0 radical (unpaired) electrons. The Morgan fingerprint density at radius 3 is 2.63 bits per heavy atom. The second-order valence-electron chi connectivity index (χ2n) is 5.65. The van der Waals surface area contributed by atoms with Crippen LogP contribution in [-0.2, 0) is 9.53 Å². The molecule has 0 bridgehead atoms. The van der Waals surface area contributed by atoms with E-state index in [2.05, 4.69) is 5.32 Å². The molecule has 3 aromatic rings. The Labute approximate surface area is 163 Å². The third-order valence-electron chi connectivity index (χ3n) is 3.70. The Bertz CT molecular complexity index is 1090. The molecule has 3 rings (SSSR count). The van der Waals surface area contributed by atoms with Gasteiger partial charge >= 0.3 is 11.6 Å². The first-order valence-corrected chi connectivity index (χ1v) is 8.60. The van der Waals surface area contributed by atoms with E-state index in [4.69, 9.17) is 32.4 Å². The molecule has 0 saturated heterocycles. The van der Waals surface area contributed by atoms with Gasteiger partial charge in [-0.3, -0.25) is 4.79 Å². The number of anilines is 1. The number of ether oxygens (including phenoxy) is 1. The maximum atomic E-state index is 12.3. The topological polar surface area (TPSA) is 85.6 Å². The van der Waals surface area contributed by atoms with Crippen molar-refractivity contribution in [2.45, 2.75) is 13.0 Å². The number of amides is 1. The molecule has 1 aromatic heterocycles. The molecule has 1 heterocycles. The highest BCUT2D eigenvalue weighted by Gasteiger charge is 2.22. The molecule has 6 nitrogen and oxygen atoms in total. The van der Waals surface area contributed by atoms with Crippen molar-refractivity contribution in [2.75, 3.05) is 5.32 Å². The number of rotatable bonds is 4. The van der Waals surface area contributed by atoms with Crippen LogP contribution >= 0.6 is 23.2 Å². The van der Waals surface area contributed by atoms with E-state index < -0.39 is 23.6 Å². The van der Waals surface area contributed by atoms with Gasteiger partial charge in [0, 0.05) is 10.4 Å². The second kappa shape index (κ2) is 7.82. The molecular formula is C19H13Cl2NO5. The Hall–Kier alpha value is -2.83. The lowest BCUT2D eigenvalue weighted by Crippen LogP contribution is -2.31. The predicted octanol–water partition coefficient (Wildman–Crippen LogP) is 4.28. The first kappa shape index (κ1) is 18.9. The number of hydrogen-bond acceptors (Lipinski definition) is 5. The molecule has 138 valence electrons. The van der Waals surface area contributed by atoms with Crippen molar-refractivity contribution in [1.82, 2.24) is 0 Å². The number of halogens is 2. The fraction of sp³-hybridized carbons (Fsp3) is 0.105. The van der Waals surface area contributed by atoms with E-state index in [0.717, 1.165) is 0 Å². The number of esters is 1. The average molecular weight is 406 g/mol. The summed E-state index contributed by atoms with van der Waals surface area (Å²) in [7, 11) is 0. The summed E-state index contributed by atoms with van der Waals surface area (Å²) in [5.41, 5.74) is -0.513. The molecule has 1 N–H and O–H groups in total. The standard InChI is InChI=1S/C19H13Cl2NO5/c1-10(17(23)22-15-9-12(20)6-7-14(15)21)26-18(24)13-8-11-4-2-3-5-16(11)27-19(13)25/h2-10H,1H3,(H,22,23)/t10-/m0/s1. The molecule has 8 heteroatoms. The maximum Gasteiger partial charge on any atom is 0.351 e. The van der Waals surface area contributed by atoms with Gasteiger partial charge in [-0.05, 0) is 37.3 Å². The van der Waals surface area contributed by atoms with Gasteiger partial charge in [-0.15, -0.1) is 0 Å². The highest BCUT2D eigenvalue weighted by molar-refractivity contribution is 6.35. The summed E-state index contributed by atoms with van der Waals surface area (Å²) in [5, 5.41) is 3.74. The van der Waals surface area contributed by atoms with Crippen molar-refractivity contribution in [3.63, 3.8) is 0 Å². The molecule has 0 aliphatic carbocycles. The van der Waals surface area contributed by atoms with Crippen LogP contribution in [0.2, 0.25) is 10.0 Å². The lowest BCUT2D eigenvalue weighted by molar-refractivity contribution is -0.123. The molecule has 0 spiro atoms. The van der Waals surface area contributed by atoms with Gasteiger partial charge in [0.1, 0.15) is 11.1 Å². The smallest absolute Gasteiger partial charge is 0.351 e. The number of para-hydroxylation sites is 1. The lowest BCUT2D eigenvalue weighted by Gasteiger charge is -2.14. The molecule has 1 atom stereocenters. The minimum atomic E-state index is -1.18. The van der Waals surface area contributed by atoms with E-state index in [1.807, 2.05) is 0 Å². The molecule has 0 unspecified atom stereocenters. The van der Waals surface area contributed by atoms with Gasteiger partial charge in [0.15, 0.2) is 6.10 Å². The largest absolute Gasteiger partial charge is 0.449 e. The van der Waals surface area contributed by atoms with E-state index in [0.29, 0.717) is 16.0 Å². The Kier molecular flexibility index (Phi) is 5.48. The molecule has 0 fully saturated rings. The number of carbonyl (C=O) groups excluding carboxylic acids is 2. The number of carbonyl (C=O) groups is 2. The molecule has 0 saturated carbocycles. The minimum Gasteiger partial charge on any atom is -0.449 e. The average Bonchev–Trinajstić information content (AvgIpc) is 2.63. The predicted molar refractivity (Wildman–Crippen MR) is 102 cm³/mol. The van der Waals surface area contributed by atoms with Crippen molar-refractivity contribution in [2.24, 2.45) is 0 Å².